The van der Waals surface area contributed by atoms with Crippen LogP contribution in [0.3, 0.4) is 0 Å². The van der Waals surface area contributed by atoms with Crippen molar-refractivity contribution in [1.82, 2.24) is 5.43 Å². The van der Waals surface area contributed by atoms with Crippen molar-refractivity contribution < 1.29 is 36.7 Å². The Kier molecular flexibility index (Phi) is 6.68. The van der Waals surface area contributed by atoms with E-state index in [1.807, 2.05) is 5.43 Å². The predicted octanol–water partition coefficient (Wildman–Crippen LogP) is 3.61. The molecule has 1 aromatic heterocycles. The molecule has 0 atom stereocenters. The molecule has 8 nitrogen and oxygen atoms in total. The summed E-state index contributed by atoms with van der Waals surface area (Å²) in [4.78, 5) is 35.4. The Morgan fingerprint density at radius 3 is 2.38 bits per heavy atom. The summed E-state index contributed by atoms with van der Waals surface area (Å²) in [5, 5.41) is 5.66. The molecule has 0 saturated carbocycles. The number of halogens is 3. The summed E-state index contributed by atoms with van der Waals surface area (Å²) in [6.07, 6.45) is -2.03. The smallest absolute Gasteiger partial charge is 0.416 e. The molecule has 0 fully saturated rings. The van der Waals surface area contributed by atoms with Crippen LogP contribution in [0.5, 0.6) is 5.75 Å². The Labute approximate surface area is 178 Å². The summed E-state index contributed by atoms with van der Waals surface area (Å²) in [7, 11) is 0. The molecule has 2 N–H and O–H groups in total. The highest BCUT2D eigenvalue weighted by Gasteiger charge is 2.30. The van der Waals surface area contributed by atoms with Gasteiger partial charge in [0.1, 0.15) is 5.75 Å². The molecule has 0 aliphatic heterocycles. The Balaban J connectivity index is 1.51. The maximum atomic E-state index is 12.7. The lowest BCUT2D eigenvalue weighted by molar-refractivity contribution is -0.137. The first-order valence-electron chi connectivity index (χ1n) is 8.90. The molecule has 3 rings (SSSR count). The van der Waals surface area contributed by atoms with Gasteiger partial charge < -0.3 is 14.5 Å². The number of alkyl halides is 3. The minimum absolute atomic E-state index is 0.0433. The standard InChI is InChI=1S/C21H14F3N3O5/c22-21(23,24)14-3-1-4-15(11-14)26-18(28)19(29)27-25-12-13-6-8-16(9-7-13)32-20(30)17-5-2-10-31-17/h1-12H,(H,26,28)(H,27,29). The van der Waals surface area contributed by atoms with E-state index in [2.05, 4.69) is 10.4 Å². The quantitative estimate of drug-likeness (QED) is 0.205. The summed E-state index contributed by atoms with van der Waals surface area (Å²) < 4.78 is 48.1. The van der Waals surface area contributed by atoms with E-state index >= 15 is 0 Å². The van der Waals surface area contributed by atoms with Crippen LogP contribution in [-0.4, -0.2) is 24.0 Å². The molecule has 0 aliphatic carbocycles. The van der Waals surface area contributed by atoms with E-state index in [1.54, 1.807) is 6.07 Å². The van der Waals surface area contributed by atoms with Crippen molar-refractivity contribution in [3.8, 4) is 5.75 Å². The molecule has 3 aromatic rings. The van der Waals surface area contributed by atoms with Crippen molar-refractivity contribution in [2.75, 3.05) is 5.32 Å². The molecule has 0 unspecified atom stereocenters. The number of hydrazone groups is 1. The number of benzene rings is 2. The largest absolute Gasteiger partial charge is 0.457 e. The minimum atomic E-state index is -4.58. The van der Waals surface area contributed by atoms with Gasteiger partial charge in [-0.15, -0.1) is 0 Å². The number of amides is 2. The monoisotopic (exact) mass is 445 g/mol. The van der Waals surface area contributed by atoms with Gasteiger partial charge in [0, 0.05) is 5.69 Å². The van der Waals surface area contributed by atoms with E-state index < -0.39 is 29.5 Å². The maximum absolute atomic E-state index is 12.7. The highest BCUT2D eigenvalue weighted by molar-refractivity contribution is 6.39. The van der Waals surface area contributed by atoms with Crippen molar-refractivity contribution in [3.63, 3.8) is 0 Å². The number of furan rings is 1. The average Bonchev–Trinajstić information content (AvgIpc) is 3.29. The van der Waals surface area contributed by atoms with Crippen molar-refractivity contribution in [1.29, 1.82) is 0 Å². The van der Waals surface area contributed by atoms with Crippen LogP contribution in [0.1, 0.15) is 21.7 Å². The molecular formula is C21H14F3N3O5. The first-order valence-corrected chi connectivity index (χ1v) is 8.90. The van der Waals surface area contributed by atoms with Crippen LogP contribution < -0.4 is 15.5 Å². The normalized spacial score (nSPS) is 11.2. The number of hydrogen-bond donors (Lipinski definition) is 2. The molecule has 1 heterocycles. The molecule has 0 spiro atoms. The van der Waals surface area contributed by atoms with Gasteiger partial charge in [-0.3, -0.25) is 9.59 Å². The third kappa shape index (κ3) is 6.05. The topological polar surface area (TPSA) is 110 Å². The Morgan fingerprint density at radius 1 is 0.969 bits per heavy atom. The van der Waals surface area contributed by atoms with Crippen LogP contribution in [0, 0.1) is 0 Å². The fourth-order valence-electron chi connectivity index (χ4n) is 2.35. The molecule has 0 aliphatic rings. The second-order valence-corrected chi connectivity index (χ2v) is 6.17. The first kappa shape index (κ1) is 22.3. The van der Waals surface area contributed by atoms with Gasteiger partial charge in [-0.25, -0.2) is 10.2 Å². The molecule has 0 bridgehead atoms. The third-order valence-electron chi connectivity index (χ3n) is 3.85. The molecule has 2 amide bonds. The van der Waals surface area contributed by atoms with Gasteiger partial charge >= 0.3 is 24.0 Å². The van der Waals surface area contributed by atoms with Gasteiger partial charge in [0.05, 0.1) is 18.0 Å². The van der Waals surface area contributed by atoms with Crippen molar-refractivity contribution in [2.24, 2.45) is 5.10 Å². The van der Waals surface area contributed by atoms with Gasteiger partial charge in [0.25, 0.3) is 0 Å². The van der Waals surface area contributed by atoms with Crippen LogP contribution in [0.4, 0.5) is 18.9 Å². The zero-order chi connectivity index (χ0) is 23.1. The summed E-state index contributed by atoms with van der Waals surface area (Å²) in [5.74, 6) is -2.76. The van der Waals surface area contributed by atoms with Crippen LogP contribution >= 0.6 is 0 Å². The van der Waals surface area contributed by atoms with E-state index in [4.69, 9.17) is 9.15 Å². The number of nitrogens with zero attached hydrogens (tertiary/aromatic N) is 1. The maximum Gasteiger partial charge on any atom is 0.416 e. The van der Waals surface area contributed by atoms with E-state index in [9.17, 15) is 27.6 Å². The SMILES string of the molecule is O=C(NN=Cc1ccc(OC(=O)c2ccco2)cc1)C(=O)Nc1cccc(C(F)(F)F)c1. The number of nitrogens with one attached hydrogen (secondary N) is 2. The van der Waals surface area contributed by atoms with E-state index in [1.165, 1.54) is 48.9 Å². The fourth-order valence-corrected chi connectivity index (χ4v) is 2.35. The molecule has 32 heavy (non-hydrogen) atoms. The number of carbonyl (C=O) groups excluding carboxylic acids is 3. The van der Waals surface area contributed by atoms with E-state index in [0.717, 1.165) is 12.1 Å². The Morgan fingerprint density at radius 2 is 1.72 bits per heavy atom. The molecule has 2 aromatic carbocycles. The lowest BCUT2D eigenvalue weighted by Gasteiger charge is -2.09. The number of anilines is 1. The summed E-state index contributed by atoms with van der Waals surface area (Å²) >= 11 is 0. The second-order valence-electron chi connectivity index (χ2n) is 6.17. The Bertz CT molecular complexity index is 1140. The summed E-state index contributed by atoms with van der Waals surface area (Å²) in [6, 6.07) is 12.9. The molecule has 164 valence electrons. The number of carbonyl (C=O) groups is 3. The number of esters is 1. The average molecular weight is 445 g/mol. The van der Waals surface area contributed by atoms with Gasteiger partial charge in [0.2, 0.25) is 5.76 Å². The second kappa shape index (κ2) is 9.60. The van der Waals surface area contributed by atoms with Crippen LogP contribution in [0.15, 0.2) is 76.4 Å². The van der Waals surface area contributed by atoms with Crippen LogP contribution in [0.25, 0.3) is 0 Å². The third-order valence-corrected chi connectivity index (χ3v) is 3.85. The predicted molar refractivity (Wildman–Crippen MR) is 106 cm³/mol. The van der Waals surface area contributed by atoms with Crippen LogP contribution in [-0.2, 0) is 15.8 Å². The number of hydrogen-bond acceptors (Lipinski definition) is 6. The number of rotatable bonds is 5. The van der Waals surface area contributed by atoms with Crippen LogP contribution in [0.2, 0.25) is 0 Å². The highest BCUT2D eigenvalue weighted by atomic mass is 19.4. The molecule has 0 radical (unpaired) electrons. The summed E-state index contributed by atoms with van der Waals surface area (Å²) in [6.45, 7) is 0. The van der Waals surface area contributed by atoms with Gasteiger partial charge in [-0.2, -0.15) is 18.3 Å². The summed E-state index contributed by atoms with van der Waals surface area (Å²) in [5.41, 5.74) is 1.30. The van der Waals surface area contributed by atoms with Crippen molar-refractivity contribution in [2.45, 2.75) is 6.18 Å². The molecule has 0 saturated heterocycles. The fraction of sp³-hybridized carbons (Fsp3) is 0.0476. The minimum Gasteiger partial charge on any atom is -0.457 e. The highest BCUT2D eigenvalue weighted by Crippen LogP contribution is 2.30. The van der Waals surface area contributed by atoms with E-state index in [0.29, 0.717) is 11.6 Å². The number of ether oxygens (including phenoxy) is 1. The zero-order valence-corrected chi connectivity index (χ0v) is 16.1. The zero-order valence-electron chi connectivity index (χ0n) is 16.1. The van der Waals surface area contributed by atoms with Gasteiger partial charge in [-0.1, -0.05) is 6.07 Å². The molecule has 11 heteroatoms. The first-order chi connectivity index (χ1) is 15.2. The van der Waals surface area contributed by atoms with E-state index in [-0.39, 0.29) is 17.2 Å². The van der Waals surface area contributed by atoms with Crippen molar-refractivity contribution in [3.05, 3.63) is 83.8 Å². The van der Waals surface area contributed by atoms with Gasteiger partial charge in [0.15, 0.2) is 0 Å². The lowest BCUT2D eigenvalue weighted by atomic mass is 10.2. The molecular weight excluding hydrogens is 431 g/mol. The Hall–Kier alpha value is -4.41. The van der Waals surface area contributed by atoms with Crippen molar-refractivity contribution >= 4 is 29.7 Å². The lowest BCUT2D eigenvalue weighted by Crippen LogP contribution is -2.32. The van der Waals surface area contributed by atoms with Gasteiger partial charge in [-0.05, 0) is 60.2 Å².